The molecule has 3 N–H and O–H groups in total. The van der Waals surface area contributed by atoms with Crippen molar-refractivity contribution in [3.8, 4) is 5.75 Å². The second kappa shape index (κ2) is 8.15. The van der Waals surface area contributed by atoms with Gasteiger partial charge in [0.2, 0.25) is 5.91 Å². The van der Waals surface area contributed by atoms with Crippen LogP contribution >= 0.6 is 0 Å². The maximum atomic E-state index is 12.5. The highest BCUT2D eigenvalue weighted by Crippen LogP contribution is 2.29. The molecule has 2 heterocycles. The molecule has 0 saturated carbocycles. The smallest absolute Gasteiger partial charge is 0.271 e. The van der Waals surface area contributed by atoms with Gasteiger partial charge in [0.05, 0.1) is 23.9 Å². The lowest BCUT2D eigenvalue weighted by Gasteiger charge is -2.12. The fourth-order valence-electron chi connectivity index (χ4n) is 3.21. The molecule has 0 fully saturated rings. The highest BCUT2D eigenvalue weighted by atomic mass is 16.6. The van der Waals surface area contributed by atoms with Crippen molar-refractivity contribution in [2.24, 2.45) is 5.73 Å². The first-order chi connectivity index (χ1) is 14.2. The molecule has 2 amide bonds. The van der Waals surface area contributed by atoms with E-state index >= 15 is 0 Å². The lowest BCUT2D eigenvalue weighted by Crippen LogP contribution is -2.15. The van der Waals surface area contributed by atoms with Crippen molar-refractivity contribution < 1.29 is 19.2 Å². The van der Waals surface area contributed by atoms with Crippen LogP contribution in [-0.2, 0) is 11.2 Å². The van der Waals surface area contributed by atoms with E-state index in [1.165, 1.54) is 36.0 Å². The number of nitro benzene ring substituents is 1. The number of carbonyl (C=O) groups is 2. The standard InChI is InChI=1S/C19H20N6O5/c1-10-13(11(2)24-19(22-10)14(9-21-24)18(20)27)5-7-17(26)23-15-8-12(25(28)29)4-6-16(15)30-3/h4,6,8-9H,5,7H2,1-3H3,(H2,20,27)(H,23,26). The molecule has 0 radical (unpaired) electrons. The van der Waals surface area contributed by atoms with Gasteiger partial charge in [0.15, 0.2) is 5.65 Å². The number of benzene rings is 1. The number of hydrogen-bond acceptors (Lipinski definition) is 7. The summed E-state index contributed by atoms with van der Waals surface area (Å²) in [5, 5.41) is 17.8. The number of nitrogens with two attached hydrogens (primary N) is 1. The van der Waals surface area contributed by atoms with E-state index in [1.807, 2.05) is 6.92 Å². The van der Waals surface area contributed by atoms with Gasteiger partial charge in [0, 0.05) is 29.9 Å². The summed E-state index contributed by atoms with van der Waals surface area (Å²) in [6.07, 6.45) is 1.82. The predicted molar refractivity (Wildman–Crippen MR) is 108 cm³/mol. The van der Waals surface area contributed by atoms with Crippen LogP contribution in [0.3, 0.4) is 0 Å². The number of ether oxygens (including phenoxy) is 1. The van der Waals surface area contributed by atoms with E-state index < -0.39 is 10.8 Å². The van der Waals surface area contributed by atoms with Gasteiger partial charge in [-0.25, -0.2) is 9.50 Å². The molecule has 3 aromatic rings. The summed E-state index contributed by atoms with van der Waals surface area (Å²) in [4.78, 5) is 38.8. The largest absolute Gasteiger partial charge is 0.495 e. The van der Waals surface area contributed by atoms with Gasteiger partial charge in [-0.15, -0.1) is 0 Å². The van der Waals surface area contributed by atoms with Crippen LogP contribution in [0.15, 0.2) is 24.4 Å². The number of methoxy groups -OCH3 is 1. The molecule has 30 heavy (non-hydrogen) atoms. The Balaban J connectivity index is 1.80. The number of aromatic nitrogens is 3. The first-order valence-corrected chi connectivity index (χ1v) is 8.98. The molecule has 0 bridgehead atoms. The third kappa shape index (κ3) is 3.90. The van der Waals surface area contributed by atoms with Gasteiger partial charge in [0.1, 0.15) is 11.3 Å². The number of amides is 2. The number of carbonyl (C=O) groups excluding carboxylic acids is 2. The lowest BCUT2D eigenvalue weighted by molar-refractivity contribution is -0.384. The fourth-order valence-corrected chi connectivity index (χ4v) is 3.21. The van der Waals surface area contributed by atoms with E-state index in [1.54, 1.807) is 6.92 Å². The van der Waals surface area contributed by atoms with Gasteiger partial charge in [-0.1, -0.05) is 0 Å². The van der Waals surface area contributed by atoms with Crippen molar-refractivity contribution in [1.29, 1.82) is 0 Å². The van der Waals surface area contributed by atoms with Crippen molar-refractivity contribution >= 4 is 28.8 Å². The number of anilines is 1. The number of nitrogens with one attached hydrogen (secondary N) is 1. The molecule has 0 saturated heterocycles. The molecule has 0 aliphatic rings. The third-order valence-electron chi connectivity index (χ3n) is 4.74. The molecule has 0 unspecified atom stereocenters. The molecule has 3 rings (SSSR count). The molecule has 0 atom stereocenters. The highest BCUT2D eigenvalue weighted by Gasteiger charge is 2.18. The minimum Gasteiger partial charge on any atom is -0.495 e. The van der Waals surface area contributed by atoms with Crippen molar-refractivity contribution in [2.75, 3.05) is 12.4 Å². The molecular formula is C19H20N6O5. The first-order valence-electron chi connectivity index (χ1n) is 8.98. The second-order valence-corrected chi connectivity index (χ2v) is 6.61. The molecule has 156 valence electrons. The minimum atomic E-state index is -0.616. The number of rotatable bonds is 7. The molecule has 2 aromatic heterocycles. The van der Waals surface area contributed by atoms with Crippen LogP contribution in [0.5, 0.6) is 5.75 Å². The summed E-state index contributed by atoms with van der Waals surface area (Å²) in [6.45, 7) is 3.60. The van der Waals surface area contributed by atoms with Crippen LogP contribution in [0, 0.1) is 24.0 Å². The summed E-state index contributed by atoms with van der Waals surface area (Å²) in [7, 11) is 1.41. The van der Waals surface area contributed by atoms with E-state index in [4.69, 9.17) is 10.5 Å². The van der Waals surface area contributed by atoms with Crippen LogP contribution in [0.1, 0.15) is 33.7 Å². The van der Waals surface area contributed by atoms with E-state index in [9.17, 15) is 19.7 Å². The van der Waals surface area contributed by atoms with E-state index in [0.717, 1.165) is 11.3 Å². The van der Waals surface area contributed by atoms with Gasteiger partial charge < -0.3 is 15.8 Å². The number of nitrogens with zero attached hydrogens (tertiary/aromatic N) is 4. The SMILES string of the molecule is COc1ccc([N+](=O)[O-])cc1NC(=O)CCc1c(C)nc2c(C(N)=O)cnn2c1C. The summed E-state index contributed by atoms with van der Waals surface area (Å²) in [5.41, 5.74) is 8.21. The summed E-state index contributed by atoms with van der Waals surface area (Å²) in [6, 6.07) is 3.97. The van der Waals surface area contributed by atoms with Crippen LogP contribution in [0.4, 0.5) is 11.4 Å². The van der Waals surface area contributed by atoms with Gasteiger partial charge in [-0.05, 0) is 31.9 Å². The zero-order chi connectivity index (χ0) is 22.0. The Kier molecular flexibility index (Phi) is 5.63. The van der Waals surface area contributed by atoms with Gasteiger partial charge >= 0.3 is 0 Å². The summed E-state index contributed by atoms with van der Waals surface area (Å²) in [5.74, 6) is -0.639. The number of non-ortho nitro benzene ring substituents is 1. The zero-order valence-corrected chi connectivity index (χ0v) is 16.6. The monoisotopic (exact) mass is 412 g/mol. The van der Waals surface area contributed by atoms with Crippen molar-refractivity contribution in [2.45, 2.75) is 26.7 Å². The lowest BCUT2D eigenvalue weighted by atomic mass is 10.1. The van der Waals surface area contributed by atoms with Crippen LogP contribution in [-0.4, -0.2) is 38.4 Å². The molecule has 1 aromatic carbocycles. The Hall–Kier alpha value is -4.02. The average Bonchev–Trinajstić information content (AvgIpc) is 3.11. The minimum absolute atomic E-state index is 0.102. The number of aryl methyl sites for hydroxylation is 2. The molecule has 0 aliphatic carbocycles. The number of fused-ring (bicyclic) bond motifs is 1. The van der Waals surface area contributed by atoms with Crippen molar-refractivity contribution in [3.05, 3.63) is 57.0 Å². The van der Waals surface area contributed by atoms with E-state index in [0.29, 0.717) is 23.5 Å². The quantitative estimate of drug-likeness (QED) is 0.444. The highest BCUT2D eigenvalue weighted by molar-refractivity contribution is 5.98. The summed E-state index contributed by atoms with van der Waals surface area (Å²) < 4.78 is 6.67. The van der Waals surface area contributed by atoms with Gasteiger partial charge in [0.25, 0.3) is 11.6 Å². The van der Waals surface area contributed by atoms with Gasteiger partial charge in [-0.2, -0.15) is 5.10 Å². The van der Waals surface area contributed by atoms with Crippen molar-refractivity contribution in [1.82, 2.24) is 14.6 Å². The Bertz CT molecular complexity index is 1170. The van der Waals surface area contributed by atoms with E-state index in [2.05, 4.69) is 15.4 Å². The molecule has 0 spiro atoms. The van der Waals surface area contributed by atoms with Crippen molar-refractivity contribution in [3.63, 3.8) is 0 Å². The number of primary amides is 1. The molecular weight excluding hydrogens is 392 g/mol. The summed E-state index contributed by atoms with van der Waals surface area (Å²) >= 11 is 0. The Morgan fingerprint density at radius 3 is 2.70 bits per heavy atom. The zero-order valence-electron chi connectivity index (χ0n) is 16.6. The van der Waals surface area contributed by atoms with Crippen LogP contribution < -0.4 is 15.8 Å². The molecule has 11 heteroatoms. The second-order valence-electron chi connectivity index (χ2n) is 6.61. The maximum Gasteiger partial charge on any atom is 0.271 e. The first kappa shape index (κ1) is 20.7. The van der Waals surface area contributed by atoms with Crippen LogP contribution in [0.2, 0.25) is 0 Å². The third-order valence-corrected chi connectivity index (χ3v) is 4.74. The average molecular weight is 412 g/mol. The number of hydrogen-bond donors (Lipinski definition) is 2. The molecule has 11 nitrogen and oxygen atoms in total. The predicted octanol–water partition coefficient (Wildman–Crippen LogP) is 1.93. The van der Waals surface area contributed by atoms with Crippen LogP contribution in [0.25, 0.3) is 5.65 Å². The fraction of sp³-hybridized carbons (Fsp3) is 0.263. The maximum absolute atomic E-state index is 12.5. The topological polar surface area (TPSA) is 155 Å². The van der Waals surface area contributed by atoms with Gasteiger partial charge in [-0.3, -0.25) is 19.7 Å². The Morgan fingerprint density at radius 2 is 2.07 bits per heavy atom. The normalized spacial score (nSPS) is 10.8. The van der Waals surface area contributed by atoms with E-state index in [-0.39, 0.29) is 29.3 Å². The number of nitro groups is 1. The Labute approximate surface area is 171 Å². The molecule has 0 aliphatic heterocycles. The Morgan fingerprint density at radius 1 is 1.33 bits per heavy atom.